The number of anilines is 3. The smallest absolute Gasteiger partial charge is 0.232 e. The lowest BCUT2D eigenvalue weighted by Crippen LogP contribution is -2.26. The van der Waals surface area contributed by atoms with Crippen LogP contribution in [0.5, 0.6) is 0 Å². The number of halogens is 2. The number of pyridine rings is 2. The number of carbonyl (C=O) groups is 2. The van der Waals surface area contributed by atoms with E-state index in [0.29, 0.717) is 32.8 Å². The molecule has 3 aromatic heterocycles. The number of benzene rings is 1. The number of carbonyl (C=O) groups excluding carboxylic acids is 2. The minimum atomic E-state index is -0.286. The summed E-state index contributed by atoms with van der Waals surface area (Å²) in [7, 11) is 0. The average Bonchev–Trinajstić information content (AvgIpc) is 3.25. The fourth-order valence-electron chi connectivity index (χ4n) is 3.30. The second-order valence-electron chi connectivity index (χ2n) is 7.00. The van der Waals surface area contributed by atoms with Crippen LogP contribution in [0.25, 0.3) is 5.52 Å². The second kappa shape index (κ2) is 9.38. The molecule has 0 spiro atoms. The summed E-state index contributed by atoms with van der Waals surface area (Å²) in [6.07, 6.45) is 5.31. The number of nitrogens with zero attached hydrogens (tertiary/aromatic N) is 4. The molecule has 0 radical (unpaired) electrons. The molecule has 0 aliphatic rings. The van der Waals surface area contributed by atoms with Crippen molar-refractivity contribution in [3.63, 3.8) is 0 Å². The first kappa shape index (κ1) is 21.8. The average molecular weight is 468 g/mol. The molecule has 2 amide bonds. The Balaban J connectivity index is 1.60. The van der Waals surface area contributed by atoms with E-state index in [9.17, 15) is 9.59 Å². The molecular formula is C23H19Cl2N5O2. The van der Waals surface area contributed by atoms with Gasteiger partial charge in [-0.2, -0.15) is 5.10 Å². The minimum Gasteiger partial charge on any atom is -0.326 e. The van der Waals surface area contributed by atoms with Gasteiger partial charge in [0.1, 0.15) is 5.82 Å². The molecule has 7 nitrogen and oxygen atoms in total. The molecular weight excluding hydrogens is 449 g/mol. The van der Waals surface area contributed by atoms with Gasteiger partial charge in [-0.1, -0.05) is 36.2 Å². The number of hydrogen-bond acceptors (Lipinski definition) is 4. The van der Waals surface area contributed by atoms with E-state index in [-0.39, 0.29) is 24.7 Å². The third-order valence-corrected chi connectivity index (χ3v) is 5.56. The van der Waals surface area contributed by atoms with Crippen LogP contribution in [0.1, 0.15) is 18.9 Å². The van der Waals surface area contributed by atoms with Crippen molar-refractivity contribution >= 4 is 57.7 Å². The van der Waals surface area contributed by atoms with Gasteiger partial charge in [-0.05, 0) is 42.0 Å². The summed E-state index contributed by atoms with van der Waals surface area (Å²) in [5.41, 5.74) is 2.56. The monoisotopic (exact) mass is 467 g/mol. The van der Waals surface area contributed by atoms with E-state index in [2.05, 4.69) is 15.4 Å². The van der Waals surface area contributed by atoms with Gasteiger partial charge in [0.05, 0.1) is 17.6 Å². The Bertz CT molecular complexity index is 1280. The molecule has 0 saturated heterocycles. The SMILES string of the molecule is CCC(=O)N(c1ccn2nccc2c1)c1cc(NC(=O)Cc2c(Cl)cccc2Cl)ccn1. The summed E-state index contributed by atoms with van der Waals surface area (Å²) in [6, 6.07) is 13.9. The number of hydrogen-bond donors (Lipinski definition) is 1. The van der Waals surface area contributed by atoms with E-state index in [4.69, 9.17) is 23.2 Å². The lowest BCUT2D eigenvalue weighted by Gasteiger charge is -2.22. The highest BCUT2D eigenvalue weighted by molar-refractivity contribution is 6.36. The topological polar surface area (TPSA) is 79.6 Å². The first-order chi connectivity index (χ1) is 15.5. The standard InChI is InChI=1S/C23H19Cl2N5O2/c1-2-23(32)30(17-8-11-29-16(13-17)7-10-27-29)21-12-15(6-9-26-21)28-22(31)14-18-19(24)4-3-5-20(18)25/h3-13H,2,14H2,1H3,(H,26,28,31). The van der Waals surface area contributed by atoms with Gasteiger partial charge in [-0.3, -0.25) is 14.5 Å². The van der Waals surface area contributed by atoms with Gasteiger partial charge in [0.25, 0.3) is 0 Å². The highest BCUT2D eigenvalue weighted by Crippen LogP contribution is 2.28. The zero-order valence-electron chi connectivity index (χ0n) is 17.1. The van der Waals surface area contributed by atoms with Gasteiger partial charge >= 0.3 is 0 Å². The largest absolute Gasteiger partial charge is 0.326 e. The predicted molar refractivity (Wildman–Crippen MR) is 126 cm³/mol. The maximum atomic E-state index is 12.8. The highest BCUT2D eigenvalue weighted by Gasteiger charge is 2.19. The van der Waals surface area contributed by atoms with Gasteiger partial charge in [0, 0.05) is 46.8 Å². The quantitative estimate of drug-likeness (QED) is 0.417. The van der Waals surface area contributed by atoms with Crippen LogP contribution in [-0.4, -0.2) is 26.4 Å². The second-order valence-corrected chi connectivity index (χ2v) is 7.81. The molecule has 0 bridgehead atoms. The Labute approximate surface area is 194 Å². The molecule has 32 heavy (non-hydrogen) atoms. The van der Waals surface area contributed by atoms with Gasteiger partial charge in [0.2, 0.25) is 11.8 Å². The Morgan fingerprint density at radius 2 is 1.84 bits per heavy atom. The molecule has 162 valence electrons. The summed E-state index contributed by atoms with van der Waals surface area (Å²) < 4.78 is 1.71. The number of amides is 2. The zero-order valence-corrected chi connectivity index (χ0v) is 18.6. The lowest BCUT2D eigenvalue weighted by atomic mass is 10.1. The first-order valence-corrected chi connectivity index (χ1v) is 10.7. The van der Waals surface area contributed by atoms with E-state index >= 15 is 0 Å². The fraction of sp³-hybridized carbons (Fsp3) is 0.130. The van der Waals surface area contributed by atoms with Crippen molar-refractivity contribution in [3.05, 3.63) is 82.7 Å². The predicted octanol–water partition coefficient (Wildman–Crippen LogP) is 5.29. The number of nitrogens with one attached hydrogen (secondary N) is 1. The van der Waals surface area contributed by atoms with Crippen molar-refractivity contribution in [2.45, 2.75) is 19.8 Å². The summed E-state index contributed by atoms with van der Waals surface area (Å²) in [4.78, 5) is 31.3. The number of aromatic nitrogens is 3. The van der Waals surface area contributed by atoms with Gasteiger partial charge in [-0.15, -0.1) is 0 Å². The Hall–Kier alpha value is -3.42. The summed E-state index contributed by atoms with van der Waals surface area (Å²) in [5.74, 6) is -0.0202. The van der Waals surface area contributed by atoms with Crippen LogP contribution < -0.4 is 10.2 Å². The minimum absolute atomic E-state index is 0.0195. The van der Waals surface area contributed by atoms with Crippen molar-refractivity contribution in [2.24, 2.45) is 0 Å². The molecule has 0 atom stereocenters. The van der Waals surface area contributed by atoms with Crippen LogP contribution in [0.4, 0.5) is 17.2 Å². The molecule has 9 heteroatoms. The first-order valence-electron chi connectivity index (χ1n) is 9.91. The molecule has 0 unspecified atom stereocenters. The Kier molecular flexibility index (Phi) is 6.39. The van der Waals surface area contributed by atoms with E-state index in [1.807, 2.05) is 12.1 Å². The van der Waals surface area contributed by atoms with Crippen LogP contribution in [-0.2, 0) is 16.0 Å². The third kappa shape index (κ3) is 4.59. The molecule has 0 aliphatic carbocycles. The Morgan fingerprint density at radius 1 is 1.06 bits per heavy atom. The zero-order chi connectivity index (χ0) is 22.7. The van der Waals surface area contributed by atoms with Gasteiger partial charge < -0.3 is 5.32 Å². The van der Waals surface area contributed by atoms with E-state index in [1.165, 1.54) is 4.90 Å². The van der Waals surface area contributed by atoms with Crippen molar-refractivity contribution in [1.29, 1.82) is 0 Å². The molecule has 0 saturated carbocycles. The van der Waals surface area contributed by atoms with Crippen molar-refractivity contribution in [3.8, 4) is 0 Å². The summed E-state index contributed by atoms with van der Waals surface area (Å²) in [6.45, 7) is 1.78. The van der Waals surface area contributed by atoms with Crippen LogP contribution in [0.15, 0.2) is 67.1 Å². The van der Waals surface area contributed by atoms with Crippen molar-refractivity contribution in [1.82, 2.24) is 14.6 Å². The maximum absolute atomic E-state index is 12.8. The normalized spacial score (nSPS) is 10.8. The van der Waals surface area contributed by atoms with Crippen LogP contribution >= 0.6 is 23.2 Å². The Morgan fingerprint density at radius 3 is 2.59 bits per heavy atom. The van der Waals surface area contributed by atoms with E-state index in [0.717, 1.165) is 5.52 Å². The fourth-order valence-corrected chi connectivity index (χ4v) is 3.83. The molecule has 0 fully saturated rings. The summed E-state index contributed by atoms with van der Waals surface area (Å²) in [5, 5.41) is 7.86. The molecule has 4 rings (SSSR count). The van der Waals surface area contributed by atoms with E-state index < -0.39 is 0 Å². The van der Waals surface area contributed by atoms with E-state index in [1.54, 1.807) is 66.4 Å². The van der Waals surface area contributed by atoms with Gasteiger partial charge in [-0.25, -0.2) is 9.50 Å². The molecule has 1 aromatic carbocycles. The maximum Gasteiger partial charge on any atom is 0.232 e. The summed E-state index contributed by atoms with van der Waals surface area (Å²) >= 11 is 12.3. The van der Waals surface area contributed by atoms with Crippen LogP contribution in [0.3, 0.4) is 0 Å². The molecule has 0 aliphatic heterocycles. The number of rotatable bonds is 6. The molecule has 1 N–H and O–H groups in total. The van der Waals surface area contributed by atoms with Crippen LogP contribution in [0.2, 0.25) is 10.0 Å². The number of fused-ring (bicyclic) bond motifs is 1. The van der Waals surface area contributed by atoms with Crippen LogP contribution in [0, 0.1) is 0 Å². The molecule has 3 heterocycles. The van der Waals surface area contributed by atoms with Gasteiger partial charge in [0.15, 0.2) is 0 Å². The highest BCUT2D eigenvalue weighted by atomic mass is 35.5. The third-order valence-electron chi connectivity index (χ3n) is 4.85. The van der Waals surface area contributed by atoms with Crippen molar-refractivity contribution in [2.75, 3.05) is 10.2 Å². The van der Waals surface area contributed by atoms with Crippen molar-refractivity contribution < 1.29 is 9.59 Å². The molecule has 4 aromatic rings. The lowest BCUT2D eigenvalue weighted by molar-refractivity contribution is -0.117.